The van der Waals surface area contributed by atoms with Crippen LogP contribution >= 0.6 is 0 Å². The summed E-state index contributed by atoms with van der Waals surface area (Å²) in [5, 5.41) is 15.1. The molecule has 10 heavy (non-hydrogen) atoms. The highest BCUT2D eigenvalue weighted by atomic mass is 16.4. The highest BCUT2D eigenvalue weighted by molar-refractivity contribution is 5.67. The zero-order chi connectivity index (χ0) is 7.56. The summed E-state index contributed by atoms with van der Waals surface area (Å²) >= 11 is 0. The number of nitrogens with zero attached hydrogens (tertiary/aromatic N) is 3. The zero-order valence-electron chi connectivity index (χ0n) is 5.19. The minimum absolute atomic E-state index is 0.374. The maximum atomic E-state index is 10.3. The topological polar surface area (TPSA) is 68.0 Å². The van der Waals surface area contributed by atoms with Crippen LogP contribution < -0.4 is 0 Å². The van der Waals surface area contributed by atoms with Crippen molar-refractivity contribution in [2.24, 2.45) is 0 Å². The molecular weight excluding hydrogens is 134 g/mol. The second kappa shape index (κ2) is 2.47. The molecule has 0 aliphatic heterocycles. The summed E-state index contributed by atoms with van der Waals surface area (Å²) in [7, 11) is 0. The predicted octanol–water partition coefficient (Wildman–Crippen LogP) is 0.181. The molecule has 0 saturated heterocycles. The molecule has 1 heterocycles. The van der Waals surface area contributed by atoms with Gasteiger partial charge in [-0.15, -0.1) is 9.78 Å². The largest absolute Gasteiger partial charge is 0.463 e. The smallest absolute Gasteiger partial charge is 0.433 e. The lowest BCUT2D eigenvalue weighted by atomic mass is 10.4. The number of hydrogen-bond acceptors (Lipinski definition) is 3. The number of carboxylic acid groups (broad SMARTS) is 1. The fourth-order valence-electron chi connectivity index (χ4n) is 0.588. The molecule has 0 aromatic carbocycles. The molecule has 1 aromatic rings. The normalized spacial score (nSPS) is 9.70. The van der Waals surface area contributed by atoms with Gasteiger partial charge < -0.3 is 5.11 Å². The number of aromatic nitrogens is 3. The SMILES string of the molecule is [CH2]Cc1cnnn1C(=O)O. The second-order valence-corrected chi connectivity index (χ2v) is 1.67. The zero-order valence-corrected chi connectivity index (χ0v) is 5.19. The van der Waals surface area contributed by atoms with E-state index in [1.165, 1.54) is 6.20 Å². The molecule has 0 atom stereocenters. The molecular formula is C5H6N3O2. The fourth-order valence-corrected chi connectivity index (χ4v) is 0.588. The molecule has 0 amide bonds. The predicted molar refractivity (Wildman–Crippen MR) is 32.5 cm³/mol. The van der Waals surface area contributed by atoms with Crippen molar-refractivity contribution in [2.45, 2.75) is 6.42 Å². The third kappa shape index (κ3) is 0.975. The van der Waals surface area contributed by atoms with Gasteiger partial charge in [-0.25, -0.2) is 4.79 Å². The van der Waals surface area contributed by atoms with E-state index in [2.05, 4.69) is 17.2 Å². The lowest BCUT2D eigenvalue weighted by molar-refractivity contribution is 0.191. The van der Waals surface area contributed by atoms with Crippen molar-refractivity contribution in [3.05, 3.63) is 18.8 Å². The van der Waals surface area contributed by atoms with Gasteiger partial charge in [0.25, 0.3) is 0 Å². The van der Waals surface area contributed by atoms with E-state index in [1.807, 2.05) is 0 Å². The summed E-state index contributed by atoms with van der Waals surface area (Å²) in [6.45, 7) is 3.51. The van der Waals surface area contributed by atoms with Crippen molar-refractivity contribution in [3.63, 3.8) is 0 Å². The Labute approximate surface area is 57.3 Å². The average molecular weight is 140 g/mol. The Kier molecular flexibility index (Phi) is 1.66. The van der Waals surface area contributed by atoms with Gasteiger partial charge in [0.2, 0.25) is 0 Å². The molecule has 0 fully saturated rings. The van der Waals surface area contributed by atoms with E-state index < -0.39 is 6.09 Å². The van der Waals surface area contributed by atoms with E-state index in [-0.39, 0.29) is 0 Å². The lowest BCUT2D eigenvalue weighted by Crippen LogP contribution is -2.12. The quantitative estimate of drug-likeness (QED) is 0.604. The summed E-state index contributed by atoms with van der Waals surface area (Å²) in [4.78, 5) is 10.3. The van der Waals surface area contributed by atoms with Crippen LogP contribution in [-0.4, -0.2) is 26.2 Å². The van der Waals surface area contributed by atoms with Gasteiger partial charge in [0.05, 0.1) is 11.9 Å². The molecule has 0 spiro atoms. The molecule has 1 radical (unpaired) electrons. The van der Waals surface area contributed by atoms with E-state index in [0.29, 0.717) is 12.1 Å². The first kappa shape index (κ1) is 6.73. The molecule has 53 valence electrons. The number of hydrogen-bond donors (Lipinski definition) is 1. The van der Waals surface area contributed by atoms with Crippen LogP contribution in [0.4, 0.5) is 4.79 Å². The van der Waals surface area contributed by atoms with E-state index in [4.69, 9.17) is 5.11 Å². The standard InChI is InChI=1S/C5H6N3O2/c1-2-4-3-6-7-8(4)5(9)10/h3H,1-2H2,(H,9,10). The van der Waals surface area contributed by atoms with Crippen molar-refractivity contribution in [1.82, 2.24) is 15.0 Å². The highest BCUT2D eigenvalue weighted by Crippen LogP contribution is 1.94. The van der Waals surface area contributed by atoms with Gasteiger partial charge in [-0.05, 0) is 13.3 Å². The molecule has 0 aliphatic rings. The van der Waals surface area contributed by atoms with E-state index >= 15 is 0 Å². The molecule has 0 bridgehead atoms. The third-order valence-corrected chi connectivity index (χ3v) is 1.06. The molecule has 1 rings (SSSR count). The van der Waals surface area contributed by atoms with Gasteiger partial charge in [-0.2, -0.15) is 0 Å². The first-order valence-corrected chi connectivity index (χ1v) is 2.68. The van der Waals surface area contributed by atoms with E-state index in [9.17, 15) is 4.79 Å². The van der Waals surface area contributed by atoms with Crippen LogP contribution in [0.15, 0.2) is 6.20 Å². The fraction of sp³-hybridized carbons (Fsp3) is 0.200. The van der Waals surface area contributed by atoms with Crippen LogP contribution in [0.3, 0.4) is 0 Å². The van der Waals surface area contributed by atoms with Crippen LogP contribution in [0.25, 0.3) is 0 Å². The highest BCUT2D eigenvalue weighted by Gasteiger charge is 2.06. The van der Waals surface area contributed by atoms with Gasteiger partial charge in [0, 0.05) is 0 Å². The Morgan fingerprint density at radius 1 is 1.90 bits per heavy atom. The van der Waals surface area contributed by atoms with Gasteiger partial charge in [0.1, 0.15) is 0 Å². The average Bonchev–Trinajstić information content (AvgIpc) is 2.33. The summed E-state index contributed by atoms with van der Waals surface area (Å²) < 4.78 is 0.799. The molecule has 0 aliphatic carbocycles. The summed E-state index contributed by atoms with van der Waals surface area (Å²) in [6, 6.07) is 0. The first-order chi connectivity index (χ1) is 4.75. The second-order valence-electron chi connectivity index (χ2n) is 1.67. The Morgan fingerprint density at radius 3 is 3.00 bits per heavy atom. The van der Waals surface area contributed by atoms with E-state index in [0.717, 1.165) is 4.68 Å². The summed E-state index contributed by atoms with van der Waals surface area (Å²) in [5.74, 6) is 0. The van der Waals surface area contributed by atoms with E-state index in [1.54, 1.807) is 0 Å². The molecule has 1 aromatic heterocycles. The van der Waals surface area contributed by atoms with Crippen LogP contribution in [-0.2, 0) is 6.42 Å². The molecule has 0 unspecified atom stereocenters. The number of carbonyl (C=O) groups is 1. The van der Waals surface area contributed by atoms with Crippen LogP contribution in [0.2, 0.25) is 0 Å². The van der Waals surface area contributed by atoms with Gasteiger partial charge in [-0.3, -0.25) is 0 Å². The molecule has 5 heteroatoms. The Morgan fingerprint density at radius 2 is 2.60 bits per heavy atom. The Hall–Kier alpha value is -1.39. The minimum Gasteiger partial charge on any atom is -0.463 e. The van der Waals surface area contributed by atoms with Crippen molar-refractivity contribution in [1.29, 1.82) is 0 Å². The van der Waals surface area contributed by atoms with Crippen molar-refractivity contribution >= 4 is 6.09 Å². The van der Waals surface area contributed by atoms with Crippen molar-refractivity contribution < 1.29 is 9.90 Å². The van der Waals surface area contributed by atoms with Crippen LogP contribution in [0, 0.1) is 6.92 Å². The Bertz CT molecular complexity index is 243. The van der Waals surface area contributed by atoms with Crippen molar-refractivity contribution in [3.8, 4) is 0 Å². The lowest BCUT2D eigenvalue weighted by Gasteiger charge is -1.93. The van der Waals surface area contributed by atoms with Crippen LogP contribution in [0.5, 0.6) is 0 Å². The maximum absolute atomic E-state index is 10.3. The first-order valence-electron chi connectivity index (χ1n) is 2.68. The Balaban J connectivity index is 3.01. The summed E-state index contributed by atoms with van der Waals surface area (Å²) in [6.07, 6.45) is 0.622. The maximum Gasteiger partial charge on any atom is 0.433 e. The van der Waals surface area contributed by atoms with Gasteiger partial charge in [0.15, 0.2) is 0 Å². The molecule has 1 N–H and O–H groups in total. The van der Waals surface area contributed by atoms with Gasteiger partial charge in [-0.1, -0.05) is 5.21 Å². The minimum atomic E-state index is -1.13. The molecule has 5 nitrogen and oxygen atoms in total. The summed E-state index contributed by atoms with van der Waals surface area (Å²) in [5.41, 5.74) is 0.493. The molecule has 0 saturated carbocycles. The van der Waals surface area contributed by atoms with Crippen molar-refractivity contribution in [2.75, 3.05) is 0 Å². The van der Waals surface area contributed by atoms with Gasteiger partial charge >= 0.3 is 6.09 Å². The van der Waals surface area contributed by atoms with Crippen LogP contribution in [0.1, 0.15) is 5.69 Å². The number of rotatable bonds is 1. The monoisotopic (exact) mass is 140 g/mol. The third-order valence-electron chi connectivity index (χ3n) is 1.06.